The van der Waals surface area contributed by atoms with Gasteiger partial charge in [-0.15, -0.1) is 11.3 Å². The average Bonchev–Trinajstić information content (AvgIpc) is 3.37. The fourth-order valence-corrected chi connectivity index (χ4v) is 3.65. The molecule has 0 saturated carbocycles. The number of hydrogen-bond acceptors (Lipinski definition) is 6. The smallest absolute Gasteiger partial charge is 0.253 e. The third kappa shape index (κ3) is 2.89. The molecule has 0 atom stereocenters. The lowest BCUT2D eigenvalue weighted by Crippen LogP contribution is -2.18. The normalized spacial score (nSPS) is 10.9. The highest BCUT2D eigenvalue weighted by Gasteiger charge is 2.17. The Kier molecular flexibility index (Phi) is 4.25. The van der Waals surface area contributed by atoms with E-state index in [1.165, 1.54) is 6.20 Å². The van der Waals surface area contributed by atoms with E-state index in [9.17, 15) is 4.79 Å². The lowest BCUT2D eigenvalue weighted by molar-refractivity contribution is 0.0964. The van der Waals surface area contributed by atoms with Crippen molar-refractivity contribution in [3.63, 3.8) is 0 Å². The number of pyridine rings is 1. The number of benzene rings is 1. The van der Waals surface area contributed by atoms with Crippen LogP contribution in [0.25, 0.3) is 32.7 Å². The average molecular weight is 379 g/mol. The number of amides is 1. The van der Waals surface area contributed by atoms with Crippen molar-refractivity contribution in [3.8, 4) is 27.6 Å². The van der Waals surface area contributed by atoms with Crippen molar-refractivity contribution in [3.05, 3.63) is 47.6 Å². The van der Waals surface area contributed by atoms with E-state index in [4.69, 9.17) is 10.5 Å². The Hall–Kier alpha value is -3.39. The van der Waals surface area contributed by atoms with Gasteiger partial charge >= 0.3 is 0 Å². The maximum atomic E-state index is 12.1. The molecule has 0 aliphatic carbocycles. The summed E-state index contributed by atoms with van der Waals surface area (Å²) in [6.45, 7) is 0. The molecule has 0 unspecified atom stereocenters. The standard InChI is InChI=1S/C19H17N5O2S/c1-21-18(25)13-9-23-17(20)16-12(13)8-14(24-16)11-4-3-10(7-15(11)26-2)19-22-5-6-27-19/h3-9,24H,1-2H3,(H2,20,23)(H,21,25). The predicted molar refractivity (Wildman–Crippen MR) is 107 cm³/mol. The van der Waals surface area contributed by atoms with Gasteiger partial charge in [-0.2, -0.15) is 0 Å². The van der Waals surface area contributed by atoms with Crippen molar-refractivity contribution >= 4 is 34.0 Å². The summed E-state index contributed by atoms with van der Waals surface area (Å²) >= 11 is 1.57. The van der Waals surface area contributed by atoms with Crippen molar-refractivity contribution in [2.45, 2.75) is 0 Å². The largest absolute Gasteiger partial charge is 0.496 e. The van der Waals surface area contributed by atoms with E-state index in [1.54, 1.807) is 31.7 Å². The van der Waals surface area contributed by atoms with Gasteiger partial charge in [0, 0.05) is 41.3 Å². The van der Waals surface area contributed by atoms with E-state index in [2.05, 4.69) is 20.3 Å². The number of nitrogen functional groups attached to an aromatic ring is 1. The molecule has 3 aromatic heterocycles. The minimum atomic E-state index is -0.218. The van der Waals surface area contributed by atoms with Gasteiger partial charge in [-0.1, -0.05) is 6.07 Å². The van der Waals surface area contributed by atoms with Crippen LogP contribution in [0.5, 0.6) is 5.75 Å². The summed E-state index contributed by atoms with van der Waals surface area (Å²) in [5.74, 6) is 0.814. The number of ether oxygens (including phenoxy) is 1. The Labute approximate surface area is 159 Å². The molecule has 4 aromatic rings. The molecule has 4 N–H and O–H groups in total. The number of nitrogens with one attached hydrogen (secondary N) is 2. The van der Waals surface area contributed by atoms with E-state index < -0.39 is 0 Å². The van der Waals surface area contributed by atoms with Gasteiger partial charge in [0.25, 0.3) is 5.91 Å². The molecule has 0 saturated heterocycles. The first kappa shape index (κ1) is 17.0. The zero-order valence-electron chi connectivity index (χ0n) is 14.7. The Bertz CT molecular complexity index is 1130. The van der Waals surface area contributed by atoms with Crippen LogP contribution in [0.4, 0.5) is 5.82 Å². The highest BCUT2D eigenvalue weighted by Crippen LogP contribution is 2.36. The second kappa shape index (κ2) is 6.73. The fourth-order valence-electron chi connectivity index (χ4n) is 3.01. The van der Waals surface area contributed by atoms with E-state index in [0.717, 1.165) is 21.8 Å². The van der Waals surface area contributed by atoms with Gasteiger partial charge < -0.3 is 20.8 Å². The first-order valence-corrected chi connectivity index (χ1v) is 9.08. The van der Waals surface area contributed by atoms with Crippen molar-refractivity contribution in [1.29, 1.82) is 0 Å². The number of rotatable bonds is 4. The van der Waals surface area contributed by atoms with Crippen LogP contribution in [0.1, 0.15) is 10.4 Å². The van der Waals surface area contributed by atoms with Gasteiger partial charge in [-0.3, -0.25) is 4.79 Å². The highest BCUT2D eigenvalue weighted by molar-refractivity contribution is 7.13. The van der Waals surface area contributed by atoms with Crippen molar-refractivity contribution in [2.24, 2.45) is 0 Å². The second-order valence-corrected chi connectivity index (χ2v) is 6.75. The molecule has 1 amide bonds. The number of nitrogens with two attached hydrogens (primary N) is 1. The van der Waals surface area contributed by atoms with E-state index in [1.807, 2.05) is 29.6 Å². The second-order valence-electron chi connectivity index (χ2n) is 5.86. The Morgan fingerprint density at radius 3 is 2.85 bits per heavy atom. The Morgan fingerprint density at radius 1 is 1.30 bits per heavy atom. The lowest BCUT2D eigenvalue weighted by atomic mass is 10.1. The third-order valence-electron chi connectivity index (χ3n) is 4.34. The molecule has 0 spiro atoms. The molecule has 0 aliphatic heterocycles. The summed E-state index contributed by atoms with van der Waals surface area (Å²) in [4.78, 5) is 23.9. The third-order valence-corrected chi connectivity index (χ3v) is 5.16. The summed E-state index contributed by atoms with van der Waals surface area (Å²) in [5, 5.41) is 6.19. The van der Waals surface area contributed by atoms with E-state index in [-0.39, 0.29) is 5.91 Å². The molecule has 136 valence electrons. The Morgan fingerprint density at radius 2 is 2.15 bits per heavy atom. The molecular formula is C19H17N5O2S. The van der Waals surface area contributed by atoms with Crippen molar-refractivity contribution < 1.29 is 9.53 Å². The number of carbonyl (C=O) groups is 1. The van der Waals surface area contributed by atoms with Gasteiger partial charge in [-0.25, -0.2) is 9.97 Å². The van der Waals surface area contributed by atoms with Crippen LogP contribution in [0.3, 0.4) is 0 Å². The molecule has 3 heterocycles. The summed E-state index contributed by atoms with van der Waals surface area (Å²) in [6, 6.07) is 7.78. The van der Waals surface area contributed by atoms with E-state index in [0.29, 0.717) is 28.0 Å². The molecule has 0 bridgehead atoms. The van der Waals surface area contributed by atoms with Crippen LogP contribution in [-0.4, -0.2) is 35.0 Å². The van der Waals surface area contributed by atoms with Gasteiger partial charge in [0.15, 0.2) is 0 Å². The van der Waals surface area contributed by atoms with Crippen LogP contribution >= 0.6 is 11.3 Å². The lowest BCUT2D eigenvalue weighted by Gasteiger charge is -2.08. The molecule has 0 radical (unpaired) electrons. The maximum Gasteiger partial charge on any atom is 0.253 e. The van der Waals surface area contributed by atoms with Crippen molar-refractivity contribution in [2.75, 3.05) is 19.9 Å². The van der Waals surface area contributed by atoms with Crippen molar-refractivity contribution in [1.82, 2.24) is 20.3 Å². The zero-order valence-corrected chi connectivity index (χ0v) is 15.6. The molecule has 7 nitrogen and oxygen atoms in total. The maximum absolute atomic E-state index is 12.1. The number of aromatic amines is 1. The first-order valence-electron chi connectivity index (χ1n) is 8.20. The van der Waals surface area contributed by atoms with Crippen LogP contribution in [-0.2, 0) is 0 Å². The molecule has 0 fully saturated rings. The number of nitrogens with zero attached hydrogens (tertiary/aromatic N) is 2. The number of hydrogen-bond donors (Lipinski definition) is 3. The Balaban J connectivity index is 1.87. The number of H-pyrrole nitrogens is 1. The molecule has 8 heteroatoms. The molecule has 4 rings (SSSR count). The number of thiazole rings is 1. The summed E-state index contributed by atoms with van der Waals surface area (Å²) in [5.41, 5.74) is 9.72. The fraction of sp³-hybridized carbons (Fsp3) is 0.105. The predicted octanol–water partition coefficient (Wildman–Crippen LogP) is 3.30. The minimum Gasteiger partial charge on any atom is -0.496 e. The number of anilines is 1. The van der Waals surface area contributed by atoms with Crippen LogP contribution < -0.4 is 15.8 Å². The van der Waals surface area contributed by atoms with Gasteiger partial charge in [0.1, 0.15) is 16.6 Å². The first-order chi connectivity index (χ1) is 13.1. The highest BCUT2D eigenvalue weighted by atomic mass is 32.1. The van der Waals surface area contributed by atoms with E-state index >= 15 is 0 Å². The van der Waals surface area contributed by atoms with Crippen LogP contribution in [0.15, 0.2) is 42.0 Å². The van der Waals surface area contributed by atoms with Gasteiger partial charge in [0.05, 0.1) is 23.9 Å². The zero-order chi connectivity index (χ0) is 19.0. The number of carbonyl (C=O) groups excluding carboxylic acids is 1. The SMILES string of the molecule is CNC(=O)c1cnc(N)c2[nH]c(-c3ccc(-c4nccs4)cc3OC)cc12. The number of fused-ring (bicyclic) bond motifs is 1. The summed E-state index contributed by atoms with van der Waals surface area (Å²) < 4.78 is 5.59. The minimum absolute atomic E-state index is 0.218. The monoisotopic (exact) mass is 379 g/mol. The molecule has 0 aliphatic rings. The molecule has 27 heavy (non-hydrogen) atoms. The molecular weight excluding hydrogens is 362 g/mol. The van der Waals surface area contributed by atoms with Crippen LogP contribution in [0.2, 0.25) is 0 Å². The van der Waals surface area contributed by atoms with Gasteiger partial charge in [0.2, 0.25) is 0 Å². The van der Waals surface area contributed by atoms with Gasteiger partial charge in [-0.05, 0) is 18.2 Å². The summed E-state index contributed by atoms with van der Waals surface area (Å²) in [7, 11) is 3.21. The topological polar surface area (TPSA) is 106 Å². The quantitative estimate of drug-likeness (QED) is 0.504. The number of methoxy groups -OCH3 is 1. The molecule has 1 aromatic carbocycles. The van der Waals surface area contributed by atoms with Crippen LogP contribution in [0, 0.1) is 0 Å². The number of aromatic nitrogens is 3. The summed E-state index contributed by atoms with van der Waals surface area (Å²) in [6.07, 6.45) is 3.26.